The van der Waals surface area contributed by atoms with Crippen LogP contribution in [0.4, 0.5) is 0 Å². The minimum absolute atomic E-state index is 0. The number of amides is 1. The van der Waals surface area contributed by atoms with Crippen LogP contribution in [0.5, 0.6) is 0 Å². The monoisotopic (exact) mass is 781 g/mol. The van der Waals surface area contributed by atoms with E-state index < -0.39 is 0 Å². The van der Waals surface area contributed by atoms with Gasteiger partial charge in [0.05, 0.1) is 12.2 Å². The van der Waals surface area contributed by atoms with Crippen LogP contribution in [-0.2, 0) is 9.53 Å². The fourth-order valence-corrected chi connectivity index (χ4v) is 2.57. The maximum atomic E-state index is 9.30. The Morgan fingerprint density at radius 3 is 2.13 bits per heavy atom. The van der Waals surface area contributed by atoms with Crippen LogP contribution in [0.3, 0.4) is 0 Å². The molecule has 0 saturated carbocycles. The zero-order valence-corrected chi connectivity index (χ0v) is 30.7. The number of carbonyl (C=O) groups excluding carboxylic acids is 1. The van der Waals surface area contributed by atoms with Gasteiger partial charge in [0.2, 0.25) is 6.41 Å². The zero-order valence-electron chi connectivity index (χ0n) is 25.6. The van der Waals surface area contributed by atoms with Gasteiger partial charge in [-0.05, 0) is 32.8 Å². The quantitative estimate of drug-likeness (QED) is 0.147. The second-order valence-electron chi connectivity index (χ2n) is 8.06. The zero-order chi connectivity index (χ0) is 28.9. The van der Waals surface area contributed by atoms with Crippen molar-refractivity contribution in [3.8, 4) is 17.2 Å². The number of aryl methyl sites for hydroxylation is 2. The summed E-state index contributed by atoms with van der Waals surface area (Å²) >= 11 is 0. The second kappa shape index (κ2) is 36.5. The molecule has 2 aromatic rings. The Balaban J connectivity index is -0.000000135. The molecule has 1 fully saturated rings. The van der Waals surface area contributed by atoms with Crippen molar-refractivity contribution in [3.05, 3.63) is 72.8 Å². The van der Waals surface area contributed by atoms with Gasteiger partial charge in [0, 0.05) is 19.2 Å². The summed E-state index contributed by atoms with van der Waals surface area (Å²) in [4.78, 5) is 9.30. The summed E-state index contributed by atoms with van der Waals surface area (Å²) in [5.41, 5.74) is 5.02. The van der Waals surface area contributed by atoms with Crippen molar-refractivity contribution < 1.29 is 40.6 Å². The summed E-state index contributed by atoms with van der Waals surface area (Å²) < 4.78 is 5.41. The number of nitriles is 1. The summed E-state index contributed by atoms with van der Waals surface area (Å²) in [6.07, 6.45) is 4.67. The van der Waals surface area contributed by atoms with E-state index >= 15 is 0 Å². The van der Waals surface area contributed by atoms with Gasteiger partial charge in [-0.15, -0.1) is 5.56 Å². The van der Waals surface area contributed by atoms with Gasteiger partial charge >= 0.3 is 31.1 Å². The molecule has 1 heterocycles. The molecule has 2 N–H and O–H groups in total. The van der Waals surface area contributed by atoms with Gasteiger partial charge in [0.25, 0.3) is 0 Å². The minimum atomic E-state index is 0. The number of ether oxygens (including phenoxy) is 1. The molecule has 0 spiro atoms. The Labute approximate surface area is 271 Å². The van der Waals surface area contributed by atoms with Gasteiger partial charge in [0.1, 0.15) is 6.54 Å². The number of hydrogen-bond acceptors (Lipinski definition) is 4. The molecule has 7 heteroatoms. The molecule has 0 aliphatic carbocycles. The summed E-state index contributed by atoms with van der Waals surface area (Å²) in [6.45, 7) is 25.8. The third-order valence-corrected chi connectivity index (χ3v) is 4.80. The molecule has 3 rings (SSSR count). The molecule has 0 bridgehead atoms. The molecule has 2 aromatic carbocycles. The molecule has 1 amide bonds. The number of nitrogens with one attached hydrogen (secondary N) is 2. The summed E-state index contributed by atoms with van der Waals surface area (Å²) in [7, 11) is 0. The van der Waals surface area contributed by atoms with E-state index in [-0.39, 0.29) is 51.2 Å². The Bertz CT molecular complexity index is 802. The molecule has 2 atom stereocenters. The molecular weight excluding hydrogens is 728 g/mol. The SMILES string of the molecule is CC.CC1CCO[C@H](C)CN1.CCCC.Cc1[c-]ccc(-c2ccc(C)cc2)c1.N#CCNC=O.S.[CH-]=C.[U+2]. The standard InChI is InChI=1S/C14H13.C7H15NO.C4H10.C3H4N2O.C2H6.C2H3.H2S.U/c1-11-6-8-13(9-7-11)14-5-3-4-12(2)10-14;1-6-3-4-9-7(2)5-8-6;1-3-4-2;4-1-2-5-3-6;2*1-2;;/h3,5-10H,1-2H3;6-8H,3-5H2,1-2H3;3-4H2,1-2H3;3H,2H2,(H,5,6);1-2H3;1H,2H2;1H2;/q-1;;;;;-1;;+2/t;6?,7-;;;;;;/m.1....../s1. The normalized spacial score (nSPS) is 14.3. The van der Waals surface area contributed by atoms with Crippen LogP contribution in [0.25, 0.3) is 11.1 Å². The Morgan fingerprint density at radius 1 is 1.13 bits per heavy atom. The Hall–Kier alpha value is -1.54. The Kier molecular flexibility index (Phi) is 44.2. The topological polar surface area (TPSA) is 74.2 Å². The van der Waals surface area contributed by atoms with Crippen molar-refractivity contribution in [1.29, 1.82) is 5.26 Å². The maximum absolute atomic E-state index is 9.30. The number of benzene rings is 2. The molecule has 218 valence electrons. The average molecular weight is 782 g/mol. The van der Waals surface area contributed by atoms with Gasteiger partial charge in [-0.25, -0.2) is 0 Å². The summed E-state index contributed by atoms with van der Waals surface area (Å²) in [5.74, 6) is 0. The number of nitrogens with zero attached hydrogens (tertiary/aromatic N) is 1. The third kappa shape index (κ3) is 30.9. The molecule has 0 aromatic heterocycles. The van der Waals surface area contributed by atoms with E-state index in [0.29, 0.717) is 18.6 Å². The first-order valence-corrected chi connectivity index (χ1v) is 13.2. The van der Waals surface area contributed by atoms with Gasteiger partial charge in [0.15, 0.2) is 0 Å². The predicted octanol–water partition coefficient (Wildman–Crippen LogP) is 7.35. The first kappa shape index (κ1) is 47.3. The van der Waals surface area contributed by atoms with Crippen LogP contribution in [-0.4, -0.2) is 38.3 Å². The summed E-state index contributed by atoms with van der Waals surface area (Å²) in [6, 6.07) is 20.3. The molecule has 1 saturated heterocycles. The predicted molar refractivity (Wildman–Crippen MR) is 170 cm³/mol. The molecule has 1 unspecified atom stereocenters. The third-order valence-electron chi connectivity index (χ3n) is 4.80. The van der Waals surface area contributed by atoms with E-state index in [2.05, 4.69) is 108 Å². The average Bonchev–Trinajstić information content (AvgIpc) is 3.13. The first-order chi connectivity index (χ1) is 17.9. The van der Waals surface area contributed by atoms with Crippen molar-refractivity contribution in [1.82, 2.24) is 10.6 Å². The molecule has 1 aliphatic rings. The number of hydrogen-bond donors (Lipinski definition) is 2. The fraction of sp³-hybridized carbons (Fsp3) is 0.500. The minimum Gasteiger partial charge on any atom is -0.521 e. The van der Waals surface area contributed by atoms with Crippen LogP contribution in [0.1, 0.15) is 71.9 Å². The molecule has 1 aliphatic heterocycles. The van der Waals surface area contributed by atoms with E-state index in [1.807, 2.05) is 19.9 Å². The number of unbranched alkanes of at least 4 members (excludes halogenated alkanes) is 1. The van der Waals surface area contributed by atoms with E-state index in [4.69, 9.17) is 10.00 Å². The van der Waals surface area contributed by atoms with Crippen LogP contribution in [0.15, 0.2) is 49.0 Å². The van der Waals surface area contributed by atoms with Gasteiger partial charge in [-0.1, -0.05) is 77.3 Å². The largest absolute Gasteiger partial charge is 2.00 e. The van der Waals surface area contributed by atoms with E-state index in [1.54, 1.807) is 6.07 Å². The van der Waals surface area contributed by atoms with Gasteiger partial charge in [-0.2, -0.15) is 48.6 Å². The molecule has 39 heavy (non-hydrogen) atoms. The van der Waals surface area contributed by atoms with Gasteiger partial charge in [-0.3, -0.25) is 11.4 Å². The van der Waals surface area contributed by atoms with Crippen molar-refractivity contribution in [2.45, 2.75) is 86.8 Å². The number of rotatable bonds is 4. The van der Waals surface area contributed by atoms with E-state index in [0.717, 1.165) is 19.6 Å². The van der Waals surface area contributed by atoms with Crippen molar-refractivity contribution in [2.75, 3.05) is 19.7 Å². The molecular formula is C32H53N3O2SU. The van der Waals surface area contributed by atoms with Crippen molar-refractivity contribution in [3.63, 3.8) is 0 Å². The van der Waals surface area contributed by atoms with Crippen molar-refractivity contribution >= 4 is 19.9 Å². The van der Waals surface area contributed by atoms with E-state index in [9.17, 15) is 4.79 Å². The first-order valence-electron chi connectivity index (χ1n) is 13.2. The fourth-order valence-electron chi connectivity index (χ4n) is 2.57. The van der Waals surface area contributed by atoms with Crippen LogP contribution in [0, 0.1) is 68.9 Å². The maximum Gasteiger partial charge on any atom is 2.00 e. The molecule has 0 radical (unpaired) electrons. The molecule has 5 nitrogen and oxygen atoms in total. The number of carbonyl (C=O) groups is 1. The van der Waals surface area contributed by atoms with Crippen molar-refractivity contribution in [2.24, 2.45) is 0 Å². The van der Waals surface area contributed by atoms with E-state index in [1.165, 1.54) is 35.1 Å². The van der Waals surface area contributed by atoms with Gasteiger partial charge < -0.3 is 21.9 Å². The van der Waals surface area contributed by atoms with Crippen LogP contribution < -0.4 is 10.6 Å². The van der Waals surface area contributed by atoms with Crippen LogP contribution >= 0.6 is 13.5 Å². The van der Waals surface area contributed by atoms with Crippen LogP contribution in [0.2, 0.25) is 0 Å². The smallest absolute Gasteiger partial charge is 0.521 e. The summed E-state index contributed by atoms with van der Waals surface area (Å²) in [5, 5.41) is 13.3. The second-order valence-corrected chi connectivity index (χ2v) is 8.06. The Morgan fingerprint density at radius 2 is 1.69 bits per heavy atom.